The van der Waals surface area contributed by atoms with E-state index in [-0.39, 0.29) is 12.6 Å². The number of anilines is 1. The first-order valence-corrected chi connectivity index (χ1v) is 9.57. The van der Waals surface area contributed by atoms with Gasteiger partial charge in [0.25, 0.3) is 5.91 Å². The van der Waals surface area contributed by atoms with Gasteiger partial charge in [0, 0.05) is 16.8 Å². The van der Waals surface area contributed by atoms with Gasteiger partial charge in [-0.3, -0.25) is 9.59 Å². The summed E-state index contributed by atoms with van der Waals surface area (Å²) in [5.41, 5.74) is 0.753. The van der Waals surface area contributed by atoms with Crippen LogP contribution in [0.25, 0.3) is 0 Å². The molecule has 6 nitrogen and oxygen atoms in total. The summed E-state index contributed by atoms with van der Waals surface area (Å²) in [7, 11) is 0. The molecule has 1 amide bonds. The molecule has 2 aromatic carbocycles. The van der Waals surface area contributed by atoms with Gasteiger partial charge in [-0.25, -0.2) is 0 Å². The monoisotopic (exact) mass is 401 g/mol. The summed E-state index contributed by atoms with van der Waals surface area (Å²) in [6.45, 7) is 0.626. The molecule has 0 bridgehead atoms. The predicted molar refractivity (Wildman–Crippen MR) is 104 cm³/mol. The van der Waals surface area contributed by atoms with Gasteiger partial charge in [-0.15, -0.1) is 0 Å². The first kappa shape index (κ1) is 18.6. The molecule has 146 valence electrons. The highest BCUT2D eigenvalue weighted by atomic mass is 35.5. The number of rotatable bonds is 5. The molecule has 28 heavy (non-hydrogen) atoms. The molecule has 0 aromatic heterocycles. The number of hydrogen-bond donors (Lipinski definition) is 1. The SMILES string of the molecule is O=C(COC(=O)C1(c2ccc(Cl)cc2)CCC1)Nc1ccc2c(c1)OCCO2. The van der Waals surface area contributed by atoms with Crippen molar-refractivity contribution >= 4 is 29.2 Å². The van der Waals surface area contributed by atoms with E-state index in [0.29, 0.717) is 48.3 Å². The zero-order valence-electron chi connectivity index (χ0n) is 15.2. The Morgan fingerprint density at radius 1 is 1.04 bits per heavy atom. The van der Waals surface area contributed by atoms with E-state index in [4.69, 9.17) is 25.8 Å². The molecule has 0 spiro atoms. The zero-order valence-corrected chi connectivity index (χ0v) is 16.0. The van der Waals surface area contributed by atoms with Crippen molar-refractivity contribution in [2.75, 3.05) is 25.1 Å². The lowest BCUT2D eigenvalue weighted by Gasteiger charge is -2.39. The van der Waals surface area contributed by atoms with Gasteiger partial charge in [0.15, 0.2) is 18.1 Å². The molecule has 1 N–H and O–H groups in total. The van der Waals surface area contributed by atoms with Gasteiger partial charge in [-0.1, -0.05) is 30.2 Å². The number of esters is 1. The third-order valence-electron chi connectivity index (χ3n) is 5.15. The Hall–Kier alpha value is -2.73. The van der Waals surface area contributed by atoms with E-state index in [0.717, 1.165) is 12.0 Å². The summed E-state index contributed by atoms with van der Waals surface area (Å²) in [5, 5.41) is 3.33. The van der Waals surface area contributed by atoms with Gasteiger partial charge in [0.05, 0.1) is 5.41 Å². The highest BCUT2D eigenvalue weighted by Crippen LogP contribution is 2.45. The van der Waals surface area contributed by atoms with Crippen LogP contribution in [0.1, 0.15) is 24.8 Å². The topological polar surface area (TPSA) is 73.9 Å². The van der Waals surface area contributed by atoms with Gasteiger partial charge >= 0.3 is 5.97 Å². The molecule has 4 rings (SSSR count). The molecule has 1 heterocycles. The minimum Gasteiger partial charge on any atom is -0.486 e. The van der Waals surface area contributed by atoms with Gasteiger partial charge in [0.2, 0.25) is 0 Å². The van der Waals surface area contributed by atoms with E-state index in [1.54, 1.807) is 30.3 Å². The van der Waals surface area contributed by atoms with Gasteiger partial charge in [-0.05, 0) is 42.7 Å². The summed E-state index contributed by atoms with van der Waals surface area (Å²) >= 11 is 5.94. The highest BCUT2D eigenvalue weighted by molar-refractivity contribution is 6.30. The molecule has 0 radical (unpaired) electrons. The van der Waals surface area contributed by atoms with Crippen molar-refractivity contribution < 1.29 is 23.8 Å². The van der Waals surface area contributed by atoms with Crippen molar-refractivity contribution in [3.05, 3.63) is 53.1 Å². The number of fused-ring (bicyclic) bond motifs is 1. The van der Waals surface area contributed by atoms with Crippen LogP contribution < -0.4 is 14.8 Å². The minimum absolute atomic E-state index is 0.345. The lowest BCUT2D eigenvalue weighted by Crippen LogP contribution is -2.44. The fourth-order valence-electron chi connectivity index (χ4n) is 3.50. The fourth-order valence-corrected chi connectivity index (χ4v) is 3.62. The first-order valence-electron chi connectivity index (χ1n) is 9.20. The second kappa shape index (κ2) is 7.72. The normalized spacial score (nSPS) is 16.6. The molecular formula is C21H20ClNO5. The standard InChI is InChI=1S/C21H20ClNO5/c22-15-4-2-14(3-5-15)21(8-1-9-21)20(25)28-13-19(24)23-16-6-7-17-18(12-16)27-11-10-26-17/h2-7,12H,1,8-11,13H2,(H,23,24). The molecule has 0 atom stereocenters. The Bertz CT molecular complexity index is 892. The minimum atomic E-state index is -0.679. The summed E-state index contributed by atoms with van der Waals surface area (Å²) in [6.07, 6.45) is 2.36. The number of ether oxygens (including phenoxy) is 3. The number of carbonyl (C=O) groups is 2. The maximum atomic E-state index is 12.7. The number of benzene rings is 2. The van der Waals surface area contributed by atoms with E-state index in [1.807, 2.05) is 12.1 Å². The number of nitrogens with one attached hydrogen (secondary N) is 1. The Morgan fingerprint density at radius 3 is 2.43 bits per heavy atom. The van der Waals surface area contributed by atoms with Crippen molar-refractivity contribution in [3.8, 4) is 11.5 Å². The van der Waals surface area contributed by atoms with Gasteiger partial charge < -0.3 is 19.5 Å². The van der Waals surface area contributed by atoms with Crippen molar-refractivity contribution in [1.82, 2.24) is 0 Å². The molecule has 0 saturated heterocycles. The van der Waals surface area contributed by atoms with Crippen LogP contribution in [0.5, 0.6) is 11.5 Å². The number of hydrogen-bond acceptors (Lipinski definition) is 5. The Morgan fingerprint density at radius 2 is 1.75 bits per heavy atom. The van der Waals surface area contributed by atoms with Crippen LogP contribution in [0.2, 0.25) is 5.02 Å². The Labute approximate surface area is 167 Å². The quantitative estimate of drug-likeness (QED) is 0.773. The second-order valence-electron chi connectivity index (χ2n) is 6.93. The lowest BCUT2D eigenvalue weighted by molar-refractivity contribution is -0.156. The fraction of sp³-hybridized carbons (Fsp3) is 0.333. The average molecular weight is 402 g/mol. The van der Waals surface area contributed by atoms with Crippen molar-refractivity contribution in [2.45, 2.75) is 24.7 Å². The van der Waals surface area contributed by atoms with Crippen molar-refractivity contribution in [1.29, 1.82) is 0 Å². The predicted octanol–water partition coefficient (Wildman–Crippen LogP) is 3.71. The van der Waals surface area contributed by atoms with Gasteiger partial charge in [0.1, 0.15) is 13.2 Å². The maximum Gasteiger partial charge on any atom is 0.317 e. The van der Waals surface area contributed by atoms with Crippen LogP contribution in [-0.4, -0.2) is 31.7 Å². The van der Waals surface area contributed by atoms with Crippen LogP contribution >= 0.6 is 11.6 Å². The summed E-state index contributed by atoms with van der Waals surface area (Å²) in [6, 6.07) is 12.4. The summed E-state index contributed by atoms with van der Waals surface area (Å²) in [5.74, 6) is 0.441. The van der Waals surface area contributed by atoms with E-state index >= 15 is 0 Å². The number of halogens is 1. The average Bonchev–Trinajstić information content (AvgIpc) is 2.67. The van der Waals surface area contributed by atoms with Crippen molar-refractivity contribution in [3.63, 3.8) is 0 Å². The van der Waals surface area contributed by atoms with E-state index < -0.39 is 11.3 Å². The molecule has 1 saturated carbocycles. The molecule has 1 fully saturated rings. The van der Waals surface area contributed by atoms with E-state index in [9.17, 15) is 9.59 Å². The number of amides is 1. The summed E-state index contributed by atoms with van der Waals surface area (Å²) < 4.78 is 16.3. The van der Waals surface area contributed by atoms with E-state index in [2.05, 4.69) is 5.32 Å². The lowest BCUT2D eigenvalue weighted by atomic mass is 9.64. The van der Waals surface area contributed by atoms with Crippen LogP contribution in [0.3, 0.4) is 0 Å². The largest absolute Gasteiger partial charge is 0.486 e. The molecule has 1 aliphatic heterocycles. The smallest absolute Gasteiger partial charge is 0.317 e. The Kier molecular flexibility index (Phi) is 5.13. The van der Waals surface area contributed by atoms with Crippen LogP contribution in [-0.2, 0) is 19.7 Å². The zero-order chi connectivity index (χ0) is 19.6. The summed E-state index contributed by atoms with van der Waals surface area (Å²) in [4.78, 5) is 24.9. The van der Waals surface area contributed by atoms with E-state index in [1.165, 1.54) is 0 Å². The second-order valence-corrected chi connectivity index (χ2v) is 7.36. The van der Waals surface area contributed by atoms with Crippen molar-refractivity contribution in [2.24, 2.45) is 0 Å². The van der Waals surface area contributed by atoms with Gasteiger partial charge in [-0.2, -0.15) is 0 Å². The molecule has 2 aliphatic rings. The highest BCUT2D eigenvalue weighted by Gasteiger charge is 2.47. The molecular weight excluding hydrogens is 382 g/mol. The third kappa shape index (κ3) is 3.64. The third-order valence-corrected chi connectivity index (χ3v) is 5.41. The molecule has 1 aliphatic carbocycles. The van der Waals surface area contributed by atoms with Crippen LogP contribution in [0.15, 0.2) is 42.5 Å². The van der Waals surface area contributed by atoms with Crippen LogP contribution in [0, 0.1) is 0 Å². The first-order chi connectivity index (χ1) is 13.6. The molecule has 7 heteroatoms. The maximum absolute atomic E-state index is 12.7. The molecule has 0 unspecified atom stereocenters. The number of carbonyl (C=O) groups excluding carboxylic acids is 2. The molecule has 2 aromatic rings. The Balaban J connectivity index is 1.36. The van der Waals surface area contributed by atoms with Crippen LogP contribution in [0.4, 0.5) is 5.69 Å².